The summed E-state index contributed by atoms with van der Waals surface area (Å²) in [5, 5.41) is 26.8. The van der Waals surface area contributed by atoms with Gasteiger partial charge in [0, 0.05) is 17.0 Å². The number of azo groups is 1. The van der Waals surface area contributed by atoms with Crippen molar-refractivity contribution >= 4 is 38.4 Å². The van der Waals surface area contributed by atoms with Gasteiger partial charge in [0.1, 0.15) is 15.8 Å². The van der Waals surface area contributed by atoms with E-state index < -0.39 is 21.0 Å². The van der Waals surface area contributed by atoms with E-state index >= 15 is 0 Å². The number of carbonyl (C=O) groups is 1. The minimum absolute atomic E-state index is 0. The van der Waals surface area contributed by atoms with Crippen molar-refractivity contribution in [3.05, 3.63) is 54.2 Å². The summed E-state index contributed by atoms with van der Waals surface area (Å²) in [6, 6.07) is 9.41. The van der Waals surface area contributed by atoms with Crippen molar-refractivity contribution in [1.82, 2.24) is 11.1 Å². The zero-order chi connectivity index (χ0) is 18.9. The number of pyridine rings is 1. The summed E-state index contributed by atoms with van der Waals surface area (Å²) < 4.78 is 34.5. The molecule has 140 valence electrons. The quantitative estimate of drug-likeness (QED) is 0.449. The van der Waals surface area contributed by atoms with E-state index in [1.165, 1.54) is 30.3 Å². The second-order valence-corrected chi connectivity index (χ2v) is 6.50. The van der Waals surface area contributed by atoms with Crippen LogP contribution in [0.15, 0.2) is 63.8 Å². The number of nitrogens with zero attached hydrogens (tertiary/aromatic N) is 3. The first kappa shape index (κ1) is 19.9. The number of carboxylic acid groups (broad SMARTS) is 1. The average Bonchev–Trinajstić information content (AvgIpc) is 2.60. The summed E-state index contributed by atoms with van der Waals surface area (Å²) in [5.74, 6) is -1.47. The predicted octanol–water partition coefficient (Wildman–Crippen LogP) is 3.33. The van der Waals surface area contributed by atoms with Gasteiger partial charge in [-0.25, -0.2) is 18.2 Å². The molecule has 0 radical (unpaired) electrons. The fourth-order valence-electron chi connectivity index (χ4n) is 2.27. The van der Waals surface area contributed by atoms with Gasteiger partial charge in [-0.1, -0.05) is 24.3 Å². The highest BCUT2D eigenvalue weighted by atomic mass is 32.2. The number of rotatable bonds is 4. The second-order valence-electron chi connectivity index (χ2n) is 5.15. The van der Waals surface area contributed by atoms with Gasteiger partial charge in [0.15, 0.2) is 11.6 Å². The molecule has 1 heterocycles. The van der Waals surface area contributed by atoms with Gasteiger partial charge >= 0.3 is 5.97 Å². The van der Waals surface area contributed by atoms with E-state index in [4.69, 9.17) is 5.11 Å². The van der Waals surface area contributed by atoms with Gasteiger partial charge in [-0.3, -0.25) is 0 Å². The molecule has 11 heteroatoms. The van der Waals surface area contributed by atoms with Crippen molar-refractivity contribution in [1.29, 1.82) is 0 Å². The van der Waals surface area contributed by atoms with Crippen LogP contribution in [0.25, 0.3) is 10.8 Å². The number of aromatic nitrogens is 1. The van der Waals surface area contributed by atoms with Crippen LogP contribution in [0.2, 0.25) is 0 Å². The number of quaternary nitrogens is 1. The van der Waals surface area contributed by atoms with Crippen molar-refractivity contribution < 1.29 is 28.0 Å². The number of phenols is 1. The van der Waals surface area contributed by atoms with Crippen LogP contribution in [-0.4, -0.2) is 34.1 Å². The lowest BCUT2D eigenvalue weighted by atomic mass is 10.1. The Morgan fingerprint density at radius 3 is 2.30 bits per heavy atom. The van der Waals surface area contributed by atoms with E-state index in [0.717, 1.165) is 12.3 Å². The van der Waals surface area contributed by atoms with Crippen LogP contribution in [0.5, 0.6) is 5.75 Å². The fraction of sp³-hybridized carbons (Fsp3) is 0. The molecule has 0 aliphatic carbocycles. The molecule has 10 nitrogen and oxygen atoms in total. The lowest BCUT2D eigenvalue weighted by molar-refractivity contribution is 0.0696. The molecule has 0 unspecified atom stereocenters. The molecule has 0 saturated heterocycles. The van der Waals surface area contributed by atoms with Crippen LogP contribution in [0, 0.1) is 0 Å². The third kappa shape index (κ3) is 4.06. The third-order valence-electron chi connectivity index (χ3n) is 3.48. The Morgan fingerprint density at radius 1 is 1.07 bits per heavy atom. The lowest BCUT2D eigenvalue weighted by Gasteiger charge is -2.13. The highest BCUT2D eigenvalue weighted by molar-refractivity contribution is 7.86. The highest BCUT2D eigenvalue weighted by Gasteiger charge is 2.15. The molecule has 0 saturated carbocycles. The maximum Gasteiger partial charge on any atom is 0.337 e. The van der Waals surface area contributed by atoms with Crippen molar-refractivity contribution in [3.63, 3.8) is 0 Å². The fourth-order valence-corrected chi connectivity index (χ4v) is 2.98. The number of hydrogen-bond acceptors (Lipinski definition) is 8. The van der Waals surface area contributed by atoms with Crippen molar-refractivity contribution in [2.75, 3.05) is 0 Å². The molecular formula is C16H14N4O6S. The summed E-state index contributed by atoms with van der Waals surface area (Å²) in [6.45, 7) is 0. The number of aromatic carboxylic acids is 1. The van der Waals surface area contributed by atoms with Gasteiger partial charge in [-0.2, -0.15) is 0 Å². The smallest absolute Gasteiger partial charge is 0.337 e. The van der Waals surface area contributed by atoms with Crippen LogP contribution >= 0.6 is 0 Å². The van der Waals surface area contributed by atoms with E-state index in [-0.39, 0.29) is 39.7 Å². The summed E-state index contributed by atoms with van der Waals surface area (Å²) >= 11 is 0. The van der Waals surface area contributed by atoms with E-state index in [0.29, 0.717) is 0 Å². The summed E-state index contributed by atoms with van der Waals surface area (Å²) in [6.07, 6.45) is 1.07. The molecule has 1 aromatic heterocycles. The van der Waals surface area contributed by atoms with Gasteiger partial charge in [-0.15, -0.1) is 10.2 Å². The molecule has 0 fully saturated rings. The van der Waals surface area contributed by atoms with Gasteiger partial charge < -0.3 is 20.9 Å². The Balaban J connectivity index is 0.00000261. The average molecular weight is 390 g/mol. The SMILES string of the molecule is O=C(O)c1ccc(N=Nc2cc(S(=O)(=O)[O-])c3ccccc3c2O)nc1.[NH4+]. The topological polar surface area (TPSA) is 189 Å². The summed E-state index contributed by atoms with van der Waals surface area (Å²) in [5.41, 5.74) is -0.278. The highest BCUT2D eigenvalue weighted by Crippen LogP contribution is 2.39. The summed E-state index contributed by atoms with van der Waals surface area (Å²) in [7, 11) is -4.81. The van der Waals surface area contributed by atoms with Gasteiger partial charge in [0.2, 0.25) is 0 Å². The monoisotopic (exact) mass is 390 g/mol. The molecule has 6 N–H and O–H groups in total. The Labute approximate surface area is 153 Å². The van der Waals surface area contributed by atoms with E-state index in [2.05, 4.69) is 15.2 Å². The number of benzene rings is 2. The van der Waals surface area contributed by atoms with Crippen LogP contribution in [0.4, 0.5) is 11.5 Å². The Hall–Kier alpha value is -3.41. The number of phenolic OH excluding ortho intramolecular Hbond substituents is 1. The van der Waals surface area contributed by atoms with Gasteiger partial charge in [0.25, 0.3) is 0 Å². The largest absolute Gasteiger partial charge is 0.744 e. The molecule has 0 aliphatic heterocycles. The second kappa shape index (κ2) is 7.45. The van der Waals surface area contributed by atoms with Crippen molar-refractivity contribution in [2.24, 2.45) is 10.2 Å². The van der Waals surface area contributed by atoms with Crippen LogP contribution in [-0.2, 0) is 10.1 Å². The zero-order valence-electron chi connectivity index (χ0n) is 13.9. The number of aromatic hydroxyl groups is 1. The molecule has 3 aromatic rings. The zero-order valence-corrected chi connectivity index (χ0v) is 14.7. The molecule has 3 rings (SSSR count). The minimum Gasteiger partial charge on any atom is -0.744 e. The third-order valence-corrected chi connectivity index (χ3v) is 4.36. The van der Waals surface area contributed by atoms with Crippen molar-refractivity contribution in [2.45, 2.75) is 4.90 Å². The summed E-state index contributed by atoms with van der Waals surface area (Å²) in [4.78, 5) is 14.0. The number of hydrogen-bond donors (Lipinski definition) is 3. The first-order valence-electron chi connectivity index (χ1n) is 7.09. The first-order chi connectivity index (χ1) is 12.3. The molecule has 0 bridgehead atoms. The molecule has 0 aliphatic rings. The molecule has 0 atom stereocenters. The van der Waals surface area contributed by atoms with Crippen molar-refractivity contribution in [3.8, 4) is 5.75 Å². The number of fused-ring (bicyclic) bond motifs is 1. The van der Waals surface area contributed by atoms with E-state index in [9.17, 15) is 22.9 Å². The Kier molecular flexibility index (Phi) is 5.49. The molecule has 0 spiro atoms. The lowest BCUT2D eigenvalue weighted by Crippen LogP contribution is -1.99. The maximum absolute atomic E-state index is 11.5. The normalized spacial score (nSPS) is 11.4. The first-order valence-corrected chi connectivity index (χ1v) is 8.50. The van der Waals surface area contributed by atoms with Crippen LogP contribution in [0.1, 0.15) is 10.4 Å². The molecule has 0 amide bonds. The number of carboxylic acids is 1. The van der Waals surface area contributed by atoms with Crippen LogP contribution in [0.3, 0.4) is 0 Å². The van der Waals surface area contributed by atoms with Gasteiger partial charge in [0.05, 0.1) is 10.5 Å². The molecule has 27 heavy (non-hydrogen) atoms. The maximum atomic E-state index is 11.5. The Morgan fingerprint density at radius 2 is 1.74 bits per heavy atom. The molecule has 2 aromatic carbocycles. The van der Waals surface area contributed by atoms with E-state index in [1.54, 1.807) is 6.07 Å². The minimum atomic E-state index is -4.81. The predicted molar refractivity (Wildman–Crippen MR) is 94.9 cm³/mol. The van der Waals surface area contributed by atoms with Crippen LogP contribution < -0.4 is 6.15 Å². The standard InChI is InChI=1S/C16H11N3O6S.H3N/c20-15-11-4-2-1-3-10(11)13(26(23,24)25)7-12(15)18-19-14-6-5-9(8-17-14)16(21)22;/h1-8,20H,(H,21,22)(H,23,24,25);1H3. The molecular weight excluding hydrogens is 376 g/mol. The van der Waals surface area contributed by atoms with Gasteiger partial charge in [-0.05, 0) is 18.2 Å². The van der Waals surface area contributed by atoms with E-state index in [1.807, 2.05) is 0 Å². The Bertz CT molecular complexity index is 1140.